The molecule has 0 rings (SSSR count). The second kappa shape index (κ2) is 10.3. The number of halogens is 2. The molecule has 0 fully saturated rings. The van der Waals surface area contributed by atoms with Crippen molar-refractivity contribution in [2.24, 2.45) is 0 Å². The first-order valence-electron chi connectivity index (χ1n) is 3.86. The molecule has 0 aliphatic rings. The lowest BCUT2D eigenvalue weighted by atomic mass is 10.8. The average Bonchev–Trinajstić information content (AvgIpc) is 2.13. The highest BCUT2D eigenvalue weighted by molar-refractivity contribution is 7.80. The van der Waals surface area contributed by atoms with Gasteiger partial charge in [0.2, 0.25) is 0 Å². The van der Waals surface area contributed by atoms with E-state index in [2.05, 4.69) is 0 Å². The Hall–Kier alpha value is 0.800. The molecule has 8 heteroatoms. The van der Waals surface area contributed by atoms with E-state index in [1.807, 2.05) is 0 Å². The number of alkyl halides is 2. The summed E-state index contributed by atoms with van der Waals surface area (Å²) >= 11 is 7.92. The highest BCUT2D eigenvalue weighted by atomic mass is 35.5. The molecule has 0 aliphatic heterocycles. The number of hydrogen-bond donors (Lipinski definition) is 0. The van der Waals surface area contributed by atoms with Crippen LogP contribution in [0.15, 0.2) is 0 Å². The van der Waals surface area contributed by atoms with Crippen LogP contribution in [-0.2, 0) is 30.5 Å². The molecular weight excluding hydrogens is 271 g/mol. The minimum absolute atomic E-state index is 0.136. The molecule has 0 saturated heterocycles. The van der Waals surface area contributed by atoms with E-state index in [0.29, 0.717) is 0 Å². The van der Waals surface area contributed by atoms with E-state index < -0.39 is 22.2 Å². The third-order valence-electron chi connectivity index (χ3n) is 1.00. The van der Waals surface area contributed by atoms with Gasteiger partial charge in [0.1, 0.15) is 0 Å². The standard InChI is InChI=1S/C6H12Cl2O4S2/c7-1-5-13(9)11-3-4-12-14(10)6-2-8/h1-6H2. The summed E-state index contributed by atoms with van der Waals surface area (Å²) in [5.74, 6) is 1.13. The van der Waals surface area contributed by atoms with Gasteiger partial charge in [-0.15, -0.1) is 23.2 Å². The van der Waals surface area contributed by atoms with Gasteiger partial charge in [-0.25, -0.2) is 8.42 Å². The second-order valence-electron chi connectivity index (χ2n) is 2.04. The van der Waals surface area contributed by atoms with Crippen molar-refractivity contribution in [3.8, 4) is 0 Å². The Bertz CT molecular complexity index is 171. The minimum Gasteiger partial charge on any atom is -0.288 e. The maximum atomic E-state index is 10.9. The molecule has 0 heterocycles. The smallest absolute Gasteiger partial charge is 0.156 e. The molecule has 0 spiro atoms. The Kier molecular flexibility index (Phi) is 10.9. The topological polar surface area (TPSA) is 52.6 Å². The zero-order valence-electron chi connectivity index (χ0n) is 7.45. The van der Waals surface area contributed by atoms with Gasteiger partial charge in [0.15, 0.2) is 22.2 Å². The Morgan fingerprint density at radius 1 is 0.857 bits per heavy atom. The number of rotatable bonds is 9. The van der Waals surface area contributed by atoms with Crippen molar-refractivity contribution in [1.82, 2.24) is 0 Å². The van der Waals surface area contributed by atoms with Gasteiger partial charge in [-0.1, -0.05) is 0 Å². The third-order valence-corrected chi connectivity index (χ3v) is 3.76. The van der Waals surface area contributed by atoms with Crippen LogP contribution in [0.25, 0.3) is 0 Å². The van der Waals surface area contributed by atoms with Crippen LogP contribution in [0, 0.1) is 0 Å². The highest BCUT2D eigenvalue weighted by Crippen LogP contribution is 1.91. The van der Waals surface area contributed by atoms with Gasteiger partial charge in [0, 0.05) is 11.8 Å². The first-order valence-corrected chi connectivity index (χ1v) is 7.41. The van der Waals surface area contributed by atoms with E-state index in [0.717, 1.165) is 0 Å². The summed E-state index contributed by atoms with van der Waals surface area (Å²) in [6.07, 6.45) is 0. The minimum atomic E-state index is -1.38. The highest BCUT2D eigenvalue weighted by Gasteiger charge is 2.01. The Morgan fingerprint density at radius 3 is 1.50 bits per heavy atom. The van der Waals surface area contributed by atoms with Gasteiger partial charge < -0.3 is 0 Å². The molecule has 0 aliphatic carbocycles. The molecule has 0 aromatic heterocycles. The summed E-state index contributed by atoms with van der Waals surface area (Å²) in [7, 11) is 0. The van der Waals surface area contributed by atoms with Crippen LogP contribution in [-0.4, -0.2) is 44.9 Å². The van der Waals surface area contributed by atoms with Gasteiger partial charge in [0.05, 0.1) is 24.7 Å². The number of hydrogen-bond acceptors (Lipinski definition) is 4. The van der Waals surface area contributed by atoms with Crippen molar-refractivity contribution in [2.75, 3.05) is 36.5 Å². The Labute approximate surface area is 98.6 Å². The van der Waals surface area contributed by atoms with Crippen LogP contribution >= 0.6 is 23.2 Å². The molecule has 0 aromatic rings. The monoisotopic (exact) mass is 282 g/mol. The van der Waals surface area contributed by atoms with Crippen molar-refractivity contribution in [2.45, 2.75) is 0 Å². The van der Waals surface area contributed by atoms with E-state index in [1.54, 1.807) is 0 Å². The van der Waals surface area contributed by atoms with Crippen LogP contribution in [0.3, 0.4) is 0 Å². The fraction of sp³-hybridized carbons (Fsp3) is 1.00. The summed E-state index contributed by atoms with van der Waals surface area (Å²) in [4.78, 5) is 0. The maximum absolute atomic E-state index is 10.9. The van der Waals surface area contributed by atoms with Crippen molar-refractivity contribution >= 4 is 45.4 Å². The summed E-state index contributed by atoms with van der Waals surface area (Å²) in [5, 5.41) is 0. The van der Waals surface area contributed by atoms with Crippen molar-refractivity contribution in [1.29, 1.82) is 0 Å². The predicted molar refractivity (Wildman–Crippen MR) is 59.4 cm³/mol. The summed E-state index contributed by atoms with van der Waals surface area (Å²) < 4.78 is 31.3. The van der Waals surface area contributed by atoms with E-state index in [4.69, 9.17) is 31.6 Å². The normalized spacial score (nSPS) is 15.3. The Balaban J connectivity index is 3.28. The predicted octanol–water partition coefficient (Wildman–Crippen LogP) is 0.825. The maximum Gasteiger partial charge on any atom is 0.156 e. The fourth-order valence-corrected chi connectivity index (χ4v) is 2.25. The second-order valence-corrected chi connectivity index (χ2v) is 5.30. The van der Waals surface area contributed by atoms with Crippen LogP contribution in [0.4, 0.5) is 0 Å². The molecule has 0 saturated carbocycles. The molecule has 0 amide bonds. The van der Waals surface area contributed by atoms with Crippen molar-refractivity contribution in [3.05, 3.63) is 0 Å². The first kappa shape index (κ1) is 14.8. The van der Waals surface area contributed by atoms with Crippen molar-refractivity contribution in [3.63, 3.8) is 0 Å². The molecule has 2 atom stereocenters. The van der Waals surface area contributed by atoms with Gasteiger partial charge >= 0.3 is 0 Å². The lowest BCUT2D eigenvalue weighted by molar-refractivity contribution is 0.246. The molecule has 0 N–H and O–H groups in total. The van der Waals surface area contributed by atoms with Crippen LogP contribution in [0.2, 0.25) is 0 Å². The van der Waals surface area contributed by atoms with E-state index in [9.17, 15) is 8.42 Å². The molecule has 86 valence electrons. The SMILES string of the molecule is O=S(CCCl)OCCOS(=O)CCCl. The van der Waals surface area contributed by atoms with Gasteiger partial charge in [-0.2, -0.15) is 0 Å². The largest absolute Gasteiger partial charge is 0.288 e. The Morgan fingerprint density at radius 2 is 1.21 bits per heavy atom. The molecule has 0 aromatic carbocycles. The molecule has 4 nitrogen and oxygen atoms in total. The summed E-state index contributed by atoms with van der Waals surface area (Å²) in [5.41, 5.74) is 0. The van der Waals surface area contributed by atoms with E-state index in [-0.39, 0.29) is 36.5 Å². The lowest BCUT2D eigenvalue weighted by Crippen LogP contribution is -2.12. The van der Waals surface area contributed by atoms with E-state index >= 15 is 0 Å². The third kappa shape index (κ3) is 9.36. The summed E-state index contributed by atoms with van der Waals surface area (Å²) in [6.45, 7) is 0.273. The molecule has 0 radical (unpaired) electrons. The lowest BCUT2D eigenvalue weighted by Gasteiger charge is -2.02. The van der Waals surface area contributed by atoms with Crippen molar-refractivity contribution < 1.29 is 16.8 Å². The van der Waals surface area contributed by atoms with Gasteiger partial charge in [-0.3, -0.25) is 8.37 Å². The molecular formula is C6H12Cl2O4S2. The zero-order valence-corrected chi connectivity index (χ0v) is 10.6. The van der Waals surface area contributed by atoms with Gasteiger partial charge in [0.25, 0.3) is 0 Å². The quantitative estimate of drug-likeness (QED) is 0.464. The molecule has 2 unspecified atom stereocenters. The fourth-order valence-electron chi connectivity index (χ4n) is 0.498. The molecule has 0 bridgehead atoms. The average molecular weight is 283 g/mol. The molecule has 14 heavy (non-hydrogen) atoms. The zero-order chi connectivity index (χ0) is 10.8. The van der Waals surface area contributed by atoms with Crippen LogP contribution in [0.5, 0.6) is 0 Å². The van der Waals surface area contributed by atoms with E-state index in [1.165, 1.54) is 0 Å². The first-order chi connectivity index (χ1) is 6.70. The van der Waals surface area contributed by atoms with Gasteiger partial charge in [-0.05, 0) is 0 Å². The van der Waals surface area contributed by atoms with Crippen LogP contribution in [0.1, 0.15) is 0 Å². The van der Waals surface area contributed by atoms with Crippen LogP contribution < -0.4 is 0 Å². The summed E-state index contributed by atoms with van der Waals surface area (Å²) in [6, 6.07) is 0.